The van der Waals surface area contributed by atoms with E-state index in [1.54, 1.807) is 0 Å². The van der Waals surface area contributed by atoms with Crippen LogP contribution in [0.4, 0.5) is 0 Å². The molecule has 4 nitrogen and oxygen atoms in total. The quantitative estimate of drug-likeness (QED) is 0.785. The third kappa shape index (κ3) is 3.95. The van der Waals surface area contributed by atoms with Gasteiger partial charge in [0.25, 0.3) is 0 Å². The Bertz CT molecular complexity index is 567. The number of nitrogens with zero attached hydrogens (tertiary/aromatic N) is 3. The van der Waals surface area contributed by atoms with Gasteiger partial charge < -0.3 is 9.32 Å². The topological polar surface area (TPSA) is 42.2 Å². The van der Waals surface area contributed by atoms with Crippen LogP contribution in [-0.2, 0) is 12.8 Å². The lowest BCUT2D eigenvalue weighted by molar-refractivity contribution is 0.321. The van der Waals surface area contributed by atoms with E-state index in [4.69, 9.17) is 4.42 Å². The molecule has 0 radical (unpaired) electrons. The molecule has 2 heterocycles. The molecule has 118 valence electrons. The number of benzene rings is 1. The summed E-state index contributed by atoms with van der Waals surface area (Å²) >= 11 is 0. The maximum atomic E-state index is 5.78. The van der Waals surface area contributed by atoms with E-state index in [1.807, 2.05) is 0 Å². The van der Waals surface area contributed by atoms with Crippen molar-refractivity contribution in [2.45, 2.75) is 44.9 Å². The minimum absolute atomic E-state index is 0.426. The zero-order valence-corrected chi connectivity index (χ0v) is 13.4. The van der Waals surface area contributed by atoms with Gasteiger partial charge in [-0.15, -0.1) is 10.2 Å². The molecule has 0 N–H and O–H groups in total. The Kier molecular flexibility index (Phi) is 5.22. The minimum Gasteiger partial charge on any atom is -0.425 e. The molecular formula is C18H25N3O. The van der Waals surface area contributed by atoms with Gasteiger partial charge in [-0.1, -0.05) is 37.3 Å². The second-order valence-electron chi connectivity index (χ2n) is 6.16. The van der Waals surface area contributed by atoms with Gasteiger partial charge in [0.1, 0.15) is 0 Å². The van der Waals surface area contributed by atoms with Gasteiger partial charge in [0.2, 0.25) is 11.8 Å². The summed E-state index contributed by atoms with van der Waals surface area (Å²) in [6.07, 6.45) is 5.45. The fourth-order valence-corrected chi connectivity index (χ4v) is 3.14. The summed E-state index contributed by atoms with van der Waals surface area (Å²) in [6, 6.07) is 10.7. The molecule has 1 aliphatic rings. The Labute approximate surface area is 132 Å². The van der Waals surface area contributed by atoms with E-state index in [2.05, 4.69) is 52.4 Å². The lowest BCUT2D eigenvalue weighted by Crippen LogP contribution is -2.22. The van der Waals surface area contributed by atoms with Crippen LogP contribution in [-0.4, -0.2) is 34.7 Å². The molecule has 4 heteroatoms. The van der Waals surface area contributed by atoms with E-state index in [-0.39, 0.29) is 0 Å². The highest BCUT2D eigenvalue weighted by Gasteiger charge is 2.27. The standard InChI is InChI=1S/C18H25N3O/c1-2-7-17-19-20-18(22-17)16-11-13-21(14-16)12-6-10-15-8-4-3-5-9-15/h3-5,8-9,16H,2,6-7,10-14H2,1H3/t16-/m0/s1. The van der Waals surface area contributed by atoms with Crippen LogP contribution in [0, 0.1) is 0 Å². The first-order chi connectivity index (χ1) is 10.8. The number of hydrogen-bond acceptors (Lipinski definition) is 4. The zero-order chi connectivity index (χ0) is 15.2. The molecule has 0 amide bonds. The van der Waals surface area contributed by atoms with Crippen molar-refractivity contribution in [3.05, 3.63) is 47.7 Å². The summed E-state index contributed by atoms with van der Waals surface area (Å²) in [7, 11) is 0. The van der Waals surface area contributed by atoms with E-state index in [0.29, 0.717) is 5.92 Å². The number of hydrogen-bond donors (Lipinski definition) is 0. The maximum Gasteiger partial charge on any atom is 0.220 e. The summed E-state index contributed by atoms with van der Waals surface area (Å²) in [5.74, 6) is 2.06. The van der Waals surface area contributed by atoms with Crippen LogP contribution in [0.1, 0.15) is 49.4 Å². The Morgan fingerprint density at radius 3 is 2.86 bits per heavy atom. The molecule has 22 heavy (non-hydrogen) atoms. The predicted molar refractivity (Wildman–Crippen MR) is 86.9 cm³/mol. The lowest BCUT2D eigenvalue weighted by atomic mass is 10.1. The largest absolute Gasteiger partial charge is 0.425 e. The average Bonchev–Trinajstić information content (AvgIpc) is 3.18. The second-order valence-corrected chi connectivity index (χ2v) is 6.16. The summed E-state index contributed by atoms with van der Waals surface area (Å²) in [6.45, 7) is 5.49. The molecule has 0 spiro atoms. The molecule has 3 rings (SSSR count). The number of rotatable bonds is 7. The van der Waals surface area contributed by atoms with E-state index in [1.165, 1.54) is 12.0 Å². The first kappa shape index (κ1) is 15.2. The predicted octanol–water partition coefficient (Wildman–Crippen LogP) is 3.44. The third-order valence-corrected chi connectivity index (χ3v) is 4.35. The number of aromatic nitrogens is 2. The van der Waals surface area contributed by atoms with Crippen molar-refractivity contribution in [1.29, 1.82) is 0 Å². The van der Waals surface area contributed by atoms with Gasteiger partial charge in [-0.2, -0.15) is 0 Å². The van der Waals surface area contributed by atoms with Crippen molar-refractivity contribution >= 4 is 0 Å². The van der Waals surface area contributed by atoms with Crippen LogP contribution in [0.3, 0.4) is 0 Å². The van der Waals surface area contributed by atoms with Crippen LogP contribution in [0.2, 0.25) is 0 Å². The zero-order valence-electron chi connectivity index (χ0n) is 13.4. The van der Waals surface area contributed by atoms with Gasteiger partial charge in [0.15, 0.2) is 0 Å². The van der Waals surface area contributed by atoms with E-state index in [9.17, 15) is 0 Å². The van der Waals surface area contributed by atoms with Crippen molar-refractivity contribution in [1.82, 2.24) is 15.1 Å². The summed E-state index contributed by atoms with van der Waals surface area (Å²) < 4.78 is 5.78. The highest BCUT2D eigenvalue weighted by molar-refractivity contribution is 5.14. The molecule has 0 bridgehead atoms. The van der Waals surface area contributed by atoms with Crippen LogP contribution >= 0.6 is 0 Å². The molecule has 0 aliphatic carbocycles. The highest BCUT2D eigenvalue weighted by Crippen LogP contribution is 2.26. The van der Waals surface area contributed by atoms with Gasteiger partial charge in [-0.3, -0.25) is 0 Å². The molecule has 1 fully saturated rings. The van der Waals surface area contributed by atoms with Crippen LogP contribution in [0.15, 0.2) is 34.7 Å². The van der Waals surface area contributed by atoms with Crippen LogP contribution in [0.25, 0.3) is 0 Å². The van der Waals surface area contributed by atoms with Gasteiger partial charge in [0, 0.05) is 13.0 Å². The Balaban J connectivity index is 1.43. The van der Waals surface area contributed by atoms with Gasteiger partial charge in [-0.05, 0) is 44.3 Å². The summed E-state index contributed by atoms with van der Waals surface area (Å²) in [5.41, 5.74) is 1.43. The van der Waals surface area contributed by atoms with Crippen LogP contribution in [0.5, 0.6) is 0 Å². The average molecular weight is 299 g/mol. The Morgan fingerprint density at radius 2 is 2.05 bits per heavy atom. The first-order valence-electron chi connectivity index (χ1n) is 8.43. The fraction of sp³-hybridized carbons (Fsp3) is 0.556. The molecule has 1 aromatic carbocycles. The van der Waals surface area contributed by atoms with Gasteiger partial charge in [0.05, 0.1) is 5.92 Å². The highest BCUT2D eigenvalue weighted by atomic mass is 16.4. The molecule has 0 unspecified atom stereocenters. The maximum absolute atomic E-state index is 5.78. The molecule has 0 saturated carbocycles. The van der Waals surface area contributed by atoms with Crippen molar-refractivity contribution < 1.29 is 4.42 Å². The van der Waals surface area contributed by atoms with E-state index < -0.39 is 0 Å². The molecule has 2 aromatic rings. The van der Waals surface area contributed by atoms with Crippen molar-refractivity contribution in [2.75, 3.05) is 19.6 Å². The monoisotopic (exact) mass is 299 g/mol. The second kappa shape index (κ2) is 7.54. The minimum atomic E-state index is 0.426. The van der Waals surface area contributed by atoms with E-state index in [0.717, 1.165) is 57.1 Å². The molecule has 1 aliphatic heterocycles. The van der Waals surface area contributed by atoms with Crippen molar-refractivity contribution in [3.63, 3.8) is 0 Å². The van der Waals surface area contributed by atoms with Crippen molar-refractivity contribution in [2.24, 2.45) is 0 Å². The molecule has 1 aromatic heterocycles. The third-order valence-electron chi connectivity index (χ3n) is 4.35. The van der Waals surface area contributed by atoms with Gasteiger partial charge >= 0.3 is 0 Å². The van der Waals surface area contributed by atoms with Gasteiger partial charge in [-0.25, -0.2) is 0 Å². The summed E-state index contributed by atoms with van der Waals surface area (Å²) in [5, 5.41) is 8.38. The Morgan fingerprint density at radius 1 is 1.18 bits per heavy atom. The Hall–Kier alpha value is -1.68. The van der Waals surface area contributed by atoms with Crippen molar-refractivity contribution in [3.8, 4) is 0 Å². The van der Waals surface area contributed by atoms with E-state index >= 15 is 0 Å². The smallest absolute Gasteiger partial charge is 0.220 e. The lowest BCUT2D eigenvalue weighted by Gasteiger charge is -2.14. The fourth-order valence-electron chi connectivity index (χ4n) is 3.14. The SMILES string of the molecule is CCCc1nnc([C@H]2CCN(CCCc3ccccc3)C2)o1. The molecule has 1 saturated heterocycles. The first-order valence-corrected chi connectivity index (χ1v) is 8.43. The number of likely N-dealkylation sites (tertiary alicyclic amines) is 1. The van der Waals surface area contributed by atoms with Crippen LogP contribution < -0.4 is 0 Å². The molecular weight excluding hydrogens is 274 g/mol. The normalized spacial score (nSPS) is 18.9. The molecule has 1 atom stereocenters. The number of aryl methyl sites for hydroxylation is 2. The summed E-state index contributed by atoms with van der Waals surface area (Å²) in [4.78, 5) is 2.53.